The van der Waals surface area contributed by atoms with Gasteiger partial charge in [0.1, 0.15) is 18.0 Å². The first-order valence-electron chi connectivity index (χ1n) is 6.46. The summed E-state index contributed by atoms with van der Waals surface area (Å²) in [5.41, 5.74) is 2.43. The molecule has 0 saturated heterocycles. The normalized spacial score (nSPS) is 10.3. The van der Waals surface area contributed by atoms with Gasteiger partial charge in [0, 0.05) is 26.2 Å². The fourth-order valence-corrected chi connectivity index (χ4v) is 2.13. The Hall–Kier alpha value is -2.10. The molecule has 0 saturated carbocycles. The van der Waals surface area contributed by atoms with Gasteiger partial charge in [-0.2, -0.15) is 0 Å². The number of hydrogen-bond acceptors (Lipinski definition) is 4. The Balaban J connectivity index is 2.06. The van der Waals surface area contributed by atoms with Gasteiger partial charge in [-0.25, -0.2) is 9.97 Å². The van der Waals surface area contributed by atoms with Crippen molar-refractivity contribution in [2.75, 3.05) is 30.9 Å². The molecule has 1 aromatic heterocycles. The molecule has 0 fully saturated rings. The van der Waals surface area contributed by atoms with Gasteiger partial charge in [-0.3, -0.25) is 0 Å². The molecule has 0 radical (unpaired) electrons. The van der Waals surface area contributed by atoms with Crippen molar-refractivity contribution in [2.24, 2.45) is 0 Å². The molecule has 100 valence electrons. The second kappa shape index (κ2) is 6.18. The van der Waals surface area contributed by atoms with Crippen molar-refractivity contribution < 1.29 is 0 Å². The standard InChI is InChI=1S/C15H20N4/c1-12-14(16-2)17-11-18-15(12)19(3)10-9-13-7-5-4-6-8-13/h4-8,11H,9-10H2,1-3H3,(H,16,17,18). The molecule has 2 rings (SSSR count). The molecule has 2 aromatic rings. The summed E-state index contributed by atoms with van der Waals surface area (Å²) in [6.07, 6.45) is 2.61. The van der Waals surface area contributed by atoms with E-state index in [0.717, 1.165) is 30.2 Å². The van der Waals surface area contributed by atoms with E-state index < -0.39 is 0 Å². The van der Waals surface area contributed by atoms with E-state index in [1.165, 1.54) is 5.56 Å². The SMILES string of the molecule is CNc1ncnc(N(C)CCc2ccccc2)c1C. The van der Waals surface area contributed by atoms with Gasteiger partial charge in [-0.1, -0.05) is 30.3 Å². The van der Waals surface area contributed by atoms with Crippen molar-refractivity contribution in [3.63, 3.8) is 0 Å². The number of nitrogens with one attached hydrogen (secondary N) is 1. The van der Waals surface area contributed by atoms with Crippen LogP contribution >= 0.6 is 0 Å². The highest BCUT2D eigenvalue weighted by Crippen LogP contribution is 2.20. The predicted molar refractivity (Wildman–Crippen MR) is 79.7 cm³/mol. The van der Waals surface area contributed by atoms with Crippen LogP contribution in [-0.2, 0) is 6.42 Å². The number of hydrogen-bond donors (Lipinski definition) is 1. The first-order valence-corrected chi connectivity index (χ1v) is 6.46. The van der Waals surface area contributed by atoms with Crippen LogP contribution in [0.4, 0.5) is 11.6 Å². The molecule has 19 heavy (non-hydrogen) atoms. The summed E-state index contributed by atoms with van der Waals surface area (Å²) in [4.78, 5) is 10.8. The Morgan fingerprint density at radius 2 is 1.89 bits per heavy atom. The first kappa shape index (κ1) is 13.3. The van der Waals surface area contributed by atoms with Gasteiger partial charge >= 0.3 is 0 Å². The lowest BCUT2D eigenvalue weighted by Gasteiger charge is -2.21. The first-order chi connectivity index (χ1) is 9.22. The van der Waals surface area contributed by atoms with E-state index in [-0.39, 0.29) is 0 Å². The molecule has 0 aliphatic carbocycles. The highest BCUT2D eigenvalue weighted by atomic mass is 15.2. The zero-order chi connectivity index (χ0) is 13.7. The number of aromatic nitrogens is 2. The Bertz CT molecular complexity index is 525. The number of likely N-dealkylation sites (N-methyl/N-ethyl adjacent to an activating group) is 1. The number of anilines is 2. The van der Waals surface area contributed by atoms with Crippen molar-refractivity contribution in [1.29, 1.82) is 0 Å². The second-order valence-corrected chi connectivity index (χ2v) is 4.58. The van der Waals surface area contributed by atoms with Crippen LogP contribution in [-0.4, -0.2) is 30.6 Å². The molecular formula is C15H20N4. The maximum atomic E-state index is 4.37. The topological polar surface area (TPSA) is 41.1 Å². The summed E-state index contributed by atoms with van der Waals surface area (Å²) in [5, 5.41) is 3.09. The lowest BCUT2D eigenvalue weighted by atomic mass is 10.1. The zero-order valence-electron chi connectivity index (χ0n) is 11.7. The number of benzene rings is 1. The molecular weight excluding hydrogens is 236 g/mol. The van der Waals surface area contributed by atoms with Gasteiger partial charge in [0.15, 0.2) is 0 Å². The van der Waals surface area contributed by atoms with Gasteiger partial charge in [0.2, 0.25) is 0 Å². The summed E-state index contributed by atoms with van der Waals surface area (Å²) in [6.45, 7) is 2.98. The van der Waals surface area contributed by atoms with Crippen molar-refractivity contribution in [3.8, 4) is 0 Å². The second-order valence-electron chi connectivity index (χ2n) is 4.58. The summed E-state index contributed by atoms with van der Waals surface area (Å²) in [5.74, 6) is 1.87. The molecule has 1 heterocycles. The van der Waals surface area contributed by atoms with Crippen LogP contribution in [0.15, 0.2) is 36.7 Å². The van der Waals surface area contributed by atoms with Crippen LogP contribution in [0.3, 0.4) is 0 Å². The molecule has 1 aromatic carbocycles. The quantitative estimate of drug-likeness (QED) is 0.892. The predicted octanol–water partition coefficient (Wildman–Crippen LogP) is 2.51. The fraction of sp³-hybridized carbons (Fsp3) is 0.333. The van der Waals surface area contributed by atoms with Crippen LogP contribution in [0.25, 0.3) is 0 Å². The molecule has 4 nitrogen and oxygen atoms in total. The van der Waals surface area contributed by atoms with Gasteiger partial charge in [-0.05, 0) is 18.9 Å². The van der Waals surface area contributed by atoms with Crippen LogP contribution in [0.2, 0.25) is 0 Å². The molecule has 0 bridgehead atoms. The van der Waals surface area contributed by atoms with Crippen LogP contribution in [0.1, 0.15) is 11.1 Å². The highest BCUT2D eigenvalue weighted by Gasteiger charge is 2.09. The molecule has 0 atom stereocenters. The maximum absolute atomic E-state index is 4.37. The zero-order valence-corrected chi connectivity index (χ0v) is 11.7. The van der Waals surface area contributed by atoms with Gasteiger partial charge in [0.25, 0.3) is 0 Å². The highest BCUT2D eigenvalue weighted by molar-refractivity contribution is 5.57. The third kappa shape index (κ3) is 3.22. The van der Waals surface area contributed by atoms with E-state index in [2.05, 4.69) is 51.5 Å². The minimum atomic E-state index is 0.886. The summed E-state index contributed by atoms with van der Waals surface area (Å²) >= 11 is 0. The molecule has 0 aliphatic heterocycles. The molecule has 0 amide bonds. The average Bonchev–Trinajstić information content (AvgIpc) is 2.46. The van der Waals surface area contributed by atoms with Crippen LogP contribution in [0.5, 0.6) is 0 Å². The van der Waals surface area contributed by atoms with Crippen molar-refractivity contribution in [3.05, 3.63) is 47.8 Å². The fourth-order valence-electron chi connectivity index (χ4n) is 2.13. The van der Waals surface area contributed by atoms with E-state index in [9.17, 15) is 0 Å². The van der Waals surface area contributed by atoms with E-state index in [0.29, 0.717) is 0 Å². The van der Waals surface area contributed by atoms with Crippen molar-refractivity contribution >= 4 is 11.6 Å². The van der Waals surface area contributed by atoms with Gasteiger partial charge in [0.05, 0.1) is 0 Å². The molecule has 4 heteroatoms. The van der Waals surface area contributed by atoms with E-state index in [1.807, 2.05) is 20.0 Å². The Kier molecular flexibility index (Phi) is 4.34. The smallest absolute Gasteiger partial charge is 0.136 e. The molecule has 0 unspecified atom stereocenters. The van der Waals surface area contributed by atoms with Crippen molar-refractivity contribution in [1.82, 2.24) is 9.97 Å². The Labute approximate surface area is 114 Å². The Morgan fingerprint density at radius 3 is 2.58 bits per heavy atom. The van der Waals surface area contributed by atoms with Crippen LogP contribution < -0.4 is 10.2 Å². The summed E-state index contributed by atoms with van der Waals surface area (Å²) in [7, 11) is 3.95. The third-order valence-corrected chi connectivity index (χ3v) is 3.23. The monoisotopic (exact) mass is 256 g/mol. The number of nitrogens with zero attached hydrogens (tertiary/aromatic N) is 3. The van der Waals surface area contributed by atoms with Gasteiger partial charge < -0.3 is 10.2 Å². The lowest BCUT2D eigenvalue weighted by Crippen LogP contribution is -2.23. The van der Waals surface area contributed by atoms with Crippen LogP contribution in [0, 0.1) is 6.92 Å². The largest absolute Gasteiger partial charge is 0.373 e. The molecule has 1 N–H and O–H groups in total. The minimum Gasteiger partial charge on any atom is -0.373 e. The summed E-state index contributed by atoms with van der Waals surface area (Å²) < 4.78 is 0. The van der Waals surface area contributed by atoms with Gasteiger partial charge in [-0.15, -0.1) is 0 Å². The van der Waals surface area contributed by atoms with E-state index >= 15 is 0 Å². The summed E-state index contributed by atoms with van der Waals surface area (Å²) in [6, 6.07) is 10.5. The minimum absolute atomic E-state index is 0.886. The van der Waals surface area contributed by atoms with Crippen molar-refractivity contribution in [2.45, 2.75) is 13.3 Å². The molecule has 0 spiro atoms. The average molecular weight is 256 g/mol. The van der Waals surface area contributed by atoms with E-state index in [1.54, 1.807) is 6.33 Å². The number of rotatable bonds is 5. The maximum Gasteiger partial charge on any atom is 0.136 e. The van der Waals surface area contributed by atoms with E-state index in [4.69, 9.17) is 0 Å². The Morgan fingerprint density at radius 1 is 1.16 bits per heavy atom. The third-order valence-electron chi connectivity index (χ3n) is 3.23. The lowest BCUT2D eigenvalue weighted by molar-refractivity contribution is 0.850. The molecule has 0 aliphatic rings.